The van der Waals surface area contributed by atoms with Crippen LogP contribution in [-0.4, -0.2) is 33.4 Å². The summed E-state index contributed by atoms with van der Waals surface area (Å²) >= 11 is 1.26. The van der Waals surface area contributed by atoms with E-state index in [2.05, 4.69) is 25.6 Å². The smallest absolute Gasteiger partial charge is 0.311 e. The number of aromatic nitrogens is 3. The molecule has 0 aliphatic heterocycles. The van der Waals surface area contributed by atoms with Crippen LogP contribution in [0.25, 0.3) is 0 Å². The number of amides is 1. The molecular weight excluding hydrogens is 390 g/mol. The Morgan fingerprint density at radius 3 is 2.41 bits per heavy atom. The monoisotopic (exact) mass is 411 g/mol. The van der Waals surface area contributed by atoms with Crippen molar-refractivity contribution in [2.45, 2.75) is 27.2 Å². The quantitative estimate of drug-likeness (QED) is 0.572. The van der Waals surface area contributed by atoms with Crippen molar-refractivity contribution in [3.05, 3.63) is 58.4 Å². The van der Waals surface area contributed by atoms with Crippen LogP contribution >= 0.6 is 11.3 Å². The topological polar surface area (TPSA) is 106 Å². The fraction of sp³-hybridized carbons (Fsp3) is 0.250. The Morgan fingerprint density at radius 1 is 1.07 bits per heavy atom. The number of rotatable bonds is 7. The van der Waals surface area contributed by atoms with Gasteiger partial charge in [0.25, 0.3) is 5.91 Å². The maximum atomic E-state index is 12.4. The highest BCUT2D eigenvalue weighted by Crippen LogP contribution is 2.19. The molecule has 0 atom stereocenters. The Bertz CT molecular complexity index is 997. The van der Waals surface area contributed by atoms with Crippen molar-refractivity contribution in [1.82, 2.24) is 15.0 Å². The third-order valence-electron chi connectivity index (χ3n) is 3.79. The summed E-state index contributed by atoms with van der Waals surface area (Å²) in [6, 6.07) is 8.87. The van der Waals surface area contributed by atoms with Crippen LogP contribution in [0.1, 0.15) is 34.4 Å². The average molecular weight is 411 g/mol. The van der Waals surface area contributed by atoms with Gasteiger partial charge in [-0.2, -0.15) is 0 Å². The van der Waals surface area contributed by atoms with Crippen LogP contribution in [0.4, 0.5) is 16.8 Å². The minimum Gasteiger partial charge on any atom is -0.466 e. The Balaban J connectivity index is 1.60. The minimum atomic E-state index is -0.341. The van der Waals surface area contributed by atoms with Crippen LogP contribution in [0.5, 0.6) is 0 Å². The number of benzene rings is 1. The standard InChI is InChI=1S/C20H21N5O3S/c1-4-28-17(26)10-16-11-29-20(24-16)25-18(27)14-5-7-15(8-6-14)23-19-21-12(2)9-13(3)22-19/h5-9,11H,4,10H2,1-3H3,(H,21,22,23)(H,24,25,27). The molecule has 0 radical (unpaired) electrons. The van der Waals surface area contributed by atoms with Gasteiger partial charge in [-0.05, 0) is 51.1 Å². The second kappa shape index (κ2) is 9.24. The molecule has 1 amide bonds. The van der Waals surface area contributed by atoms with E-state index >= 15 is 0 Å². The summed E-state index contributed by atoms with van der Waals surface area (Å²) in [4.78, 5) is 36.8. The summed E-state index contributed by atoms with van der Waals surface area (Å²) in [5, 5.41) is 8.02. The van der Waals surface area contributed by atoms with Crippen molar-refractivity contribution in [1.29, 1.82) is 0 Å². The predicted octanol–water partition coefficient (Wildman–Crippen LogP) is 3.65. The molecule has 0 aliphatic rings. The lowest BCUT2D eigenvalue weighted by molar-refractivity contribution is -0.142. The van der Waals surface area contributed by atoms with Crippen molar-refractivity contribution >= 4 is 40.0 Å². The molecule has 8 nitrogen and oxygen atoms in total. The molecule has 29 heavy (non-hydrogen) atoms. The maximum absolute atomic E-state index is 12.4. The number of carbonyl (C=O) groups excluding carboxylic acids is 2. The van der Waals surface area contributed by atoms with Crippen molar-refractivity contribution in [3.63, 3.8) is 0 Å². The summed E-state index contributed by atoms with van der Waals surface area (Å²) in [5.74, 6) is -0.112. The highest BCUT2D eigenvalue weighted by molar-refractivity contribution is 7.14. The number of nitrogens with zero attached hydrogens (tertiary/aromatic N) is 3. The molecule has 1 aromatic carbocycles. The van der Waals surface area contributed by atoms with E-state index in [1.54, 1.807) is 36.6 Å². The second-order valence-corrected chi connectivity index (χ2v) is 7.11. The van der Waals surface area contributed by atoms with Crippen molar-refractivity contribution in [2.24, 2.45) is 0 Å². The molecule has 9 heteroatoms. The summed E-state index contributed by atoms with van der Waals surface area (Å²) < 4.78 is 4.90. The lowest BCUT2D eigenvalue weighted by atomic mass is 10.2. The van der Waals surface area contributed by atoms with Gasteiger partial charge in [-0.15, -0.1) is 11.3 Å². The van der Waals surface area contributed by atoms with E-state index < -0.39 is 0 Å². The van der Waals surface area contributed by atoms with Gasteiger partial charge in [-0.25, -0.2) is 15.0 Å². The van der Waals surface area contributed by atoms with E-state index in [0.717, 1.165) is 17.1 Å². The average Bonchev–Trinajstić information content (AvgIpc) is 3.08. The van der Waals surface area contributed by atoms with Gasteiger partial charge in [0.1, 0.15) is 0 Å². The van der Waals surface area contributed by atoms with Gasteiger partial charge in [0, 0.05) is 28.0 Å². The first-order valence-corrected chi connectivity index (χ1v) is 9.91. The molecule has 0 spiro atoms. The van der Waals surface area contributed by atoms with E-state index in [1.165, 1.54) is 11.3 Å². The lowest BCUT2D eigenvalue weighted by Crippen LogP contribution is -2.12. The summed E-state index contributed by atoms with van der Waals surface area (Å²) in [6.45, 7) is 5.89. The first kappa shape index (κ1) is 20.4. The first-order valence-electron chi connectivity index (χ1n) is 9.03. The van der Waals surface area contributed by atoms with Gasteiger partial charge in [0.05, 0.1) is 18.7 Å². The first-order chi connectivity index (χ1) is 13.9. The van der Waals surface area contributed by atoms with Crippen molar-refractivity contribution in [2.75, 3.05) is 17.2 Å². The largest absolute Gasteiger partial charge is 0.466 e. The van der Waals surface area contributed by atoms with E-state index in [9.17, 15) is 9.59 Å². The normalized spacial score (nSPS) is 10.4. The molecule has 0 unspecified atom stereocenters. The van der Waals surface area contributed by atoms with Crippen LogP contribution < -0.4 is 10.6 Å². The molecule has 2 heterocycles. The number of esters is 1. The maximum Gasteiger partial charge on any atom is 0.311 e. The Hall–Kier alpha value is -3.33. The molecule has 3 rings (SSSR count). The number of carbonyl (C=O) groups is 2. The number of hydrogen-bond acceptors (Lipinski definition) is 8. The summed E-state index contributed by atoms with van der Waals surface area (Å²) in [5.41, 5.74) is 3.58. The minimum absolute atomic E-state index is 0.0844. The summed E-state index contributed by atoms with van der Waals surface area (Å²) in [6.07, 6.45) is 0.0844. The third-order valence-corrected chi connectivity index (χ3v) is 4.60. The molecule has 3 aromatic rings. The second-order valence-electron chi connectivity index (χ2n) is 6.26. The summed E-state index contributed by atoms with van der Waals surface area (Å²) in [7, 11) is 0. The Labute approximate surface area is 172 Å². The number of ether oxygens (including phenoxy) is 1. The van der Waals surface area contributed by atoms with Gasteiger partial charge >= 0.3 is 5.97 Å². The van der Waals surface area contributed by atoms with Gasteiger partial charge < -0.3 is 10.1 Å². The zero-order valence-corrected chi connectivity index (χ0v) is 17.2. The predicted molar refractivity (Wildman–Crippen MR) is 112 cm³/mol. The Kier molecular flexibility index (Phi) is 6.50. The van der Waals surface area contributed by atoms with Gasteiger partial charge in [0.15, 0.2) is 5.13 Å². The highest BCUT2D eigenvalue weighted by atomic mass is 32.1. The number of aryl methyl sites for hydroxylation is 2. The third kappa shape index (κ3) is 5.82. The Morgan fingerprint density at radius 2 is 1.76 bits per heavy atom. The van der Waals surface area contributed by atoms with E-state index in [4.69, 9.17) is 4.74 Å². The van der Waals surface area contributed by atoms with E-state index in [-0.39, 0.29) is 18.3 Å². The van der Waals surface area contributed by atoms with Crippen molar-refractivity contribution in [3.8, 4) is 0 Å². The van der Waals surface area contributed by atoms with Crippen LogP contribution in [0, 0.1) is 13.8 Å². The SMILES string of the molecule is CCOC(=O)Cc1csc(NC(=O)c2ccc(Nc3nc(C)cc(C)n3)cc2)n1. The zero-order valence-electron chi connectivity index (χ0n) is 16.4. The fourth-order valence-electron chi connectivity index (χ4n) is 2.59. The molecule has 0 saturated heterocycles. The molecule has 0 saturated carbocycles. The fourth-order valence-corrected chi connectivity index (χ4v) is 3.30. The molecule has 150 valence electrons. The molecule has 2 N–H and O–H groups in total. The molecule has 0 bridgehead atoms. The number of anilines is 3. The number of thiazole rings is 1. The van der Waals surface area contributed by atoms with Gasteiger partial charge in [-0.3, -0.25) is 14.9 Å². The van der Waals surface area contributed by atoms with Crippen LogP contribution in [0.2, 0.25) is 0 Å². The molecule has 0 aliphatic carbocycles. The molecule has 2 aromatic heterocycles. The van der Waals surface area contributed by atoms with E-state index in [0.29, 0.717) is 28.9 Å². The number of hydrogen-bond donors (Lipinski definition) is 2. The van der Waals surface area contributed by atoms with Gasteiger partial charge in [-0.1, -0.05) is 0 Å². The van der Waals surface area contributed by atoms with Gasteiger partial charge in [0.2, 0.25) is 5.95 Å². The van der Waals surface area contributed by atoms with Crippen LogP contribution in [-0.2, 0) is 16.0 Å². The highest BCUT2D eigenvalue weighted by Gasteiger charge is 2.12. The zero-order chi connectivity index (χ0) is 20.8. The van der Waals surface area contributed by atoms with Crippen LogP contribution in [0.3, 0.4) is 0 Å². The molecular formula is C20H21N5O3S. The molecule has 0 fully saturated rings. The number of nitrogens with one attached hydrogen (secondary N) is 2. The van der Waals surface area contributed by atoms with E-state index in [1.807, 2.05) is 19.9 Å². The van der Waals surface area contributed by atoms with Crippen LogP contribution in [0.15, 0.2) is 35.7 Å². The lowest BCUT2D eigenvalue weighted by Gasteiger charge is -2.07. The van der Waals surface area contributed by atoms with Crippen molar-refractivity contribution < 1.29 is 14.3 Å².